The van der Waals surface area contributed by atoms with Gasteiger partial charge in [-0.3, -0.25) is 0 Å². The quantitative estimate of drug-likeness (QED) is 0.823. The molecule has 0 spiro atoms. The van der Waals surface area contributed by atoms with Gasteiger partial charge in [-0.25, -0.2) is 4.39 Å². The lowest BCUT2D eigenvalue weighted by Gasteiger charge is -2.30. The fourth-order valence-electron chi connectivity index (χ4n) is 3.07. The molecule has 0 unspecified atom stereocenters. The summed E-state index contributed by atoms with van der Waals surface area (Å²) in [7, 11) is 0. The summed E-state index contributed by atoms with van der Waals surface area (Å²) in [6, 6.07) is 5.28. The number of ether oxygens (including phenoxy) is 1. The van der Waals surface area contributed by atoms with Gasteiger partial charge in [-0.05, 0) is 23.8 Å². The Balaban J connectivity index is 2.01. The zero-order chi connectivity index (χ0) is 12.9. The van der Waals surface area contributed by atoms with Crippen molar-refractivity contribution in [1.29, 1.82) is 0 Å². The monoisotopic (exact) mass is 250 g/mol. The topological polar surface area (TPSA) is 38.5 Å². The normalized spacial score (nSPS) is 29.7. The summed E-state index contributed by atoms with van der Waals surface area (Å²) in [5.74, 6) is -0.171. The highest BCUT2D eigenvalue weighted by Crippen LogP contribution is 2.42. The minimum Gasteiger partial charge on any atom is -0.378 e. The van der Waals surface area contributed by atoms with Crippen LogP contribution in [0.5, 0.6) is 0 Å². The van der Waals surface area contributed by atoms with E-state index >= 15 is 0 Å². The first-order chi connectivity index (χ1) is 8.49. The summed E-state index contributed by atoms with van der Waals surface area (Å²) in [5.41, 5.74) is 8.23. The smallest absolute Gasteiger partial charge is 0.123 e. The van der Waals surface area contributed by atoms with E-state index in [1.54, 1.807) is 6.07 Å². The molecule has 98 valence electrons. The Labute approximate surface area is 107 Å². The number of nitrogens with two attached hydrogens (primary N) is 1. The average Bonchev–Trinajstić information content (AvgIpc) is 2.82. The molecule has 0 saturated carbocycles. The van der Waals surface area contributed by atoms with Crippen LogP contribution in [0, 0.1) is 5.82 Å². The van der Waals surface area contributed by atoms with Crippen LogP contribution < -0.4 is 10.6 Å². The van der Waals surface area contributed by atoms with Crippen molar-refractivity contribution in [3.05, 3.63) is 29.6 Å². The molecule has 2 heterocycles. The second kappa shape index (κ2) is 3.93. The number of fused-ring (bicyclic) bond motifs is 1. The molecule has 1 aromatic carbocycles. The van der Waals surface area contributed by atoms with Crippen molar-refractivity contribution in [3.8, 4) is 0 Å². The largest absolute Gasteiger partial charge is 0.378 e. The van der Waals surface area contributed by atoms with Crippen LogP contribution in [0.25, 0.3) is 0 Å². The second-order valence-electron chi connectivity index (χ2n) is 5.94. The van der Waals surface area contributed by atoms with Gasteiger partial charge in [0.1, 0.15) is 5.82 Å². The number of nitrogens with zero attached hydrogens (tertiary/aromatic N) is 1. The first-order valence-corrected chi connectivity index (χ1v) is 6.39. The van der Waals surface area contributed by atoms with Crippen LogP contribution in [-0.4, -0.2) is 31.8 Å². The molecule has 1 saturated heterocycles. The van der Waals surface area contributed by atoms with Crippen molar-refractivity contribution in [1.82, 2.24) is 0 Å². The molecule has 1 fully saturated rings. The molecule has 0 aromatic heterocycles. The number of halogens is 1. The van der Waals surface area contributed by atoms with Gasteiger partial charge in [-0.15, -0.1) is 0 Å². The Morgan fingerprint density at radius 2 is 2.17 bits per heavy atom. The van der Waals surface area contributed by atoms with Crippen LogP contribution in [0.2, 0.25) is 0 Å². The maximum atomic E-state index is 13.4. The fourth-order valence-corrected chi connectivity index (χ4v) is 3.07. The molecule has 4 heteroatoms. The van der Waals surface area contributed by atoms with E-state index in [0.717, 1.165) is 17.8 Å². The van der Waals surface area contributed by atoms with Crippen LogP contribution in [-0.2, 0) is 10.2 Å². The van der Waals surface area contributed by atoms with E-state index in [-0.39, 0.29) is 23.3 Å². The summed E-state index contributed by atoms with van der Waals surface area (Å²) in [5, 5.41) is 0. The molecule has 3 rings (SSSR count). The zero-order valence-electron chi connectivity index (χ0n) is 10.8. The van der Waals surface area contributed by atoms with Gasteiger partial charge in [0.2, 0.25) is 0 Å². The van der Waals surface area contributed by atoms with E-state index in [1.807, 2.05) is 6.07 Å². The average molecular weight is 250 g/mol. The second-order valence-corrected chi connectivity index (χ2v) is 5.94. The molecule has 0 bridgehead atoms. The Hall–Kier alpha value is -1.13. The van der Waals surface area contributed by atoms with E-state index in [4.69, 9.17) is 10.5 Å². The Morgan fingerprint density at radius 1 is 1.39 bits per heavy atom. The van der Waals surface area contributed by atoms with Gasteiger partial charge in [-0.2, -0.15) is 0 Å². The maximum absolute atomic E-state index is 13.4. The van der Waals surface area contributed by atoms with E-state index in [0.29, 0.717) is 13.2 Å². The molecule has 0 aliphatic carbocycles. The molecule has 18 heavy (non-hydrogen) atoms. The van der Waals surface area contributed by atoms with Crippen LogP contribution in [0.3, 0.4) is 0 Å². The summed E-state index contributed by atoms with van der Waals surface area (Å²) in [4.78, 5) is 2.28. The van der Waals surface area contributed by atoms with Crippen molar-refractivity contribution >= 4 is 5.69 Å². The summed E-state index contributed by atoms with van der Waals surface area (Å²) in [6.07, 6.45) is 0. The van der Waals surface area contributed by atoms with E-state index in [1.165, 1.54) is 6.07 Å². The predicted molar refractivity (Wildman–Crippen MR) is 69.4 cm³/mol. The van der Waals surface area contributed by atoms with E-state index in [9.17, 15) is 4.39 Å². The lowest BCUT2D eigenvalue weighted by molar-refractivity contribution is 0.190. The van der Waals surface area contributed by atoms with Crippen molar-refractivity contribution in [3.63, 3.8) is 0 Å². The van der Waals surface area contributed by atoms with Gasteiger partial charge < -0.3 is 15.4 Å². The number of benzene rings is 1. The molecular weight excluding hydrogens is 231 g/mol. The molecule has 2 aliphatic rings. The molecule has 2 atom stereocenters. The van der Waals surface area contributed by atoms with Gasteiger partial charge in [0.15, 0.2) is 0 Å². The number of anilines is 1. The third kappa shape index (κ3) is 1.71. The Kier molecular flexibility index (Phi) is 2.61. The number of rotatable bonds is 1. The van der Waals surface area contributed by atoms with E-state index in [2.05, 4.69) is 18.7 Å². The molecule has 1 aromatic rings. The van der Waals surface area contributed by atoms with Crippen LogP contribution in [0.4, 0.5) is 10.1 Å². The minimum atomic E-state index is -0.171. The molecular formula is C14H19FN2O. The van der Waals surface area contributed by atoms with Gasteiger partial charge in [-0.1, -0.05) is 13.8 Å². The van der Waals surface area contributed by atoms with Gasteiger partial charge in [0.25, 0.3) is 0 Å². The first-order valence-electron chi connectivity index (χ1n) is 6.39. The van der Waals surface area contributed by atoms with Crippen molar-refractivity contribution < 1.29 is 9.13 Å². The highest BCUT2D eigenvalue weighted by atomic mass is 19.1. The Morgan fingerprint density at radius 3 is 2.83 bits per heavy atom. The van der Waals surface area contributed by atoms with Crippen molar-refractivity contribution in [2.24, 2.45) is 5.73 Å². The lowest BCUT2D eigenvalue weighted by Crippen LogP contribution is -2.48. The first kappa shape index (κ1) is 11.9. The SMILES string of the molecule is CC1(C)CN([C@H]2COC[C@@H]2N)c2ccc(F)cc21. The highest BCUT2D eigenvalue weighted by Gasteiger charge is 2.41. The molecule has 3 nitrogen and oxygen atoms in total. The summed E-state index contributed by atoms with van der Waals surface area (Å²) < 4.78 is 18.9. The standard InChI is InChI=1S/C14H19FN2O/c1-14(2)8-17(13-7-18-6-11(13)16)12-4-3-9(15)5-10(12)14/h3-5,11,13H,6-8,16H2,1-2H3/t11-,13-/m0/s1. The predicted octanol–water partition coefficient (Wildman–Crippen LogP) is 1.65. The lowest BCUT2D eigenvalue weighted by atomic mass is 9.87. The number of hydrogen-bond donors (Lipinski definition) is 1. The highest BCUT2D eigenvalue weighted by molar-refractivity contribution is 5.63. The third-order valence-electron chi connectivity index (χ3n) is 4.06. The maximum Gasteiger partial charge on any atom is 0.123 e. The van der Waals surface area contributed by atoms with Gasteiger partial charge in [0, 0.05) is 17.6 Å². The van der Waals surface area contributed by atoms with Crippen LogP contribution in [0.1, 0.15) is 19.4 Å². The van der Waals surface area contributed by atoms with Crippen LogP contribution in [0.15, 0.2) is 18.2 Å². The summed E-state index contributed by atoms with van der Waals surface area (Å²) >= 11 is 0. The fraction of sp³-hybridized carbons (Fsp3) is 0.571. The molecule has 2 aliphatic heterocycles. The molecule has 0 amide bonds. The third-order valence-corrected chi connectivity index (χ3v) is 4.06. The van der Waals surface area contributed by atoms with Crippen LogP contribution >= 0.6 is 0 Å². The number of hydrogen-bond acceptors (Lipinski definition) is 3. The molecule has 0 radical (unpaired) electrons. The van der Waals surface area contributed by atoms with Gasteiger partial charge in [0.05, 0.1) is 25.3 Å². The Bertz CT molecular complexity index is 475. The van der Waals surface area contributed by atoms with Gasteiger partial charge >= 0.3 is 0 Å². The van der Waals surface area contributed by atoms with E-state index < -0.39 is 0 Å². The minimum absolute atomic E-state index is 0.0387. The van der Waals surface area contributed by atoms with Crippen molar-refractivity contribution in [2.75, 3.05) is 24.7 Å². The zero-order valence-corrected chi connectivity index (χ0v) is 10.8. The molecule has 2 N–H and O–H groups in total. The van der Waals surface area contributed by atoms with Crippen molar-refractivity contribution in [2.45, 2.75) is 31.3 Å². The summed E-state index contributed by atoms with van der Waals surface area (Å²) in [6.45, 7) is 6.43.